The van der Waals surface area contributed by atoms with Crippen LogP contribution < -0.4 is 10.6 Å². The Kier molecular flexibility index (Phi) is 6.53. The van der Waals surface area contributed by atoms with Gasteiger partial charge in [-0.15, -0.1) is 0 Å². The number of anilines is 1. The van der Waals surface area contributed by atoms with Crippen LogP contribution >= 0.6 is 23.8 Å². The molecule has 1 aromatic heterocycles. The Morgan fingerprint density at radius 1 is 1.06 bits per heavy atom. The lowest BCUT2D eigenvalue weighted by molar-refractivity contribution is 0.0977. The van der Waals surface area contributed by atoms with Gasteiger partial charge in [0, 0.05) is 22.7 Å². The molecule has 3 aromatic carbocycles. The maximum Gasteiger partial charge on any atom is 0.257 e. The number of rotatable bonds is 5. The third-order valence-corrected chi connectivity index (χ3v) is 5.48. The SMILES string of the molecule is CC(C)c1ccc2oc(Cc3ccc(NC(=S)NC(=O)c4ccc(Cl)cc4)cc3)nc2c1. The predicted octanol–water partition coefficient (Wildman–Crippen LogP) is 6.32. The van der Waals surface area contributed by atoms with Crippen LogP contribution in [-0.4, -0.2) is 16.0 Å². The standard InChI is InChI=1S/C25H22ClN3O2S/c1-15(2)18-7-12-22-21(14-18)28-23(31-22)13-16-3-10-20(11-4-16)27-25(32)29-24(30)17-5-8-19(26)9-6-17/h3-12,14-15H,13H2,1-2H3,(H2,27,29,30,32). The molecule has 0 spiro atoms. The Morgan fingerprint density at radius 2 is 1.78 bits per heavy atom. The molecule has 0 atom stereocenters. The topological polar surface area (TPSA) is 67.2 Å². The number of nitrogens with one attached hydrogen (secondary N) is 2. The van der Waals surface area contributed by atoms with Gasteiger partial charge in [-0.1, -0.05) is 43.6 Å². The molecule has 162 valence electrons. The van der Waals surface area contributed by atoms with Crippen molar-refractivity contribution in [3.63, 3.8) is 0 Å². The molecule has 0 unspecified atom stereocenters. The van der Waals surface area contributed by atoms with E-state index in [2.05, 4.69) is 41.6 Å². The highest BCUT2D eigenvalue weighted by atomic mass is 35.5. The van der Waals surface area contributed by atoms with Crippen LogP contribution in [0, 0.1) is 0 Å². The van der Waals surface area contributed by atoms with E-state index in [4.69, 9.17) is 28.2 Å². The van der Waals surface area contributed by atoms with Crippen LogP contribution in [0.5, 0.6) is 0 Å². The quantitative estimate of drug-likeness (QED) is 0.339. The second-order valence-electron chi connectivity index (χ2n) is 7.78. The fraction of sp³-hybridized carbons (Fsp3) is 0.160. The molecule has 0 aliphatic carbocycles. The Bertz CT molecular complexity index is 1260. The monoisotopic (exact) mass is 463 g/mol. The number of amides is 1. The van der Waals surface area contributed by atoms with Gasteiger partial charge in [0.15, 0.2) is 16.6 Å². The molecular weight excluding hydrogens is 442 g/mol. The second-order valence-corrected chi connectivity index (χ2v) is 8.62. The average Bonchev–Trinajstić information content (AvgIpc) is 3.17. The summed E-state index contributed by atoms with van der Waals surface area (Å²) in [5.41, 5.74) is 5.23. The Labute approximate surface area is 196 Å². The fourth-order valence-corrected chi connectivity index (χ4v) is 3.58. The predicted molar refractivity (Wildman–Crippen MR) is 132 cm³/mol. The normalized spacial score (nSPS) is 11.0. The number of hydrogen-bond donors (Lipinski definition) is 2. The van der Waals surface area contributed by atoms with Crippen molar-refractivity contribution >= 4 is 51.6 Å². The zero-order valence-corrected chi connectivity index (χ0v) is 19.3. The Balaban J connectivity index is 1.36. The number of benzene rings is 3. The molecule has 2 N–H and O–H groups in total. The molecule has 1 heterocycles. The van der Waals surface area contributed by atoms with Crippen molar-refractivity contribution in [1.29, 1.82) is 0 Å². The van der Waals surface area contributed by atoms with E-state index in [0.717, 1.165) is 22.4 Å². The lowest BCUT2D eigenvalue weighted by Crippen LogP contribution is -2.34. The summed E-state index contributed by atoms with van der Waals surface area (Å²) in [6.45, 7) is 4.32. The first-order valence-electron chi connectivity index (χ1n) is 10.2. The summed E-state index contributed by atoms with van der Waals surface area (Å²) in [5.74, 6) is 0.821. The summed E-state index contributed by atoms with van der Waals surface area (Å²) in [4.78, 5) is 16.9. The van der Waals surface area contributed by atoms with E-state index in [1.165, 1.54) is 5.56 Å². The third-order valence-electron chi connectivity index (χ3n) is 5.02. The van der Waals surface area contributed by atoms with E-state index in [0.29, 0.717) is 28.8 Å². The summed E-state index contributed by atoms with van der Waals surface area (Å²) in [7, 11) is 0. The minimum absolute atomic E-state index is 0.220. The molecule has 0 bridgehead atoms. The Morgan fingerprint density at radius 3 is 2.47 bits per heavy atom. The summed E-state index contributed by atoms with van der Waals surface area (Å²) in [6, 6.07) is 20.5. The number of carbonyl (C=O) groups is 1. The first-order valence-corrected chi connectivity index (χ1v) is 11.0. The maximum atomic E-state index is 12.2. The van der Waals surface area contributed by atoms with E-state index in [-0.39, 0.29) is 11.0 Å². The highest BCUT2D eigenvalue weighted by Crippen LogP contribution is 2.23. The molecule has 4 rings (SSSR count). The largest absolute Gasteiger partial charge is 0.440 e. The minimum atomic E-state index is -0.299. The molecular formula is C25H22ClN3O2S. The van der Waals surface area contributed by atoms with Gasteiger partial charge in [0.05, 0.1) is 0 Å². The van der Waals surface area contributed by atoms with Crippen LogP contribution in [-0.2, 0) is 6.42 Å². The molecule has 1 amide bonds. The highest BCUT2D eigenvalue weighted by Gasteiger charge is 2.10. The second kappa shape index (κ2) is 9.51. The summed E-state index contributed by atoms with van der Waals surface area (Å²) < 4.78 is 5.89. The van der Waals surface area contributed by atoms with Crippen LogP contribution in [0.2, 0.25) is 5.02 Å². The van der Waals surface area contributed by atoms with Crippen LogP contribution in [0.4, 0.5) is 5.69 Å². The van der Waals surface area contributed by atoms with E-state index in [9.17, 15) is 4.79 Å². The Hall–Kier alpha value is -3.22. The van der Waals surface area contributed by atoms with Crippen LogP contribution in [0.3, 0.4) is 0 Å². The number of hydrogen-bond acceptors (Lipinski definition) is 4. The molecule has 0 radical (unpaired) electrons. The average molecular weight is 464 g/mol. The van der Waals surface area contributed by atoms with E-state index >= 15 is 0 Å². The van der Waals surface area contributed by atoms with Gasteiger partial charge in [0.25, 0.3) is 5.91 Å². The number of thiocarbonyl (C=S) groups is 1. The molecule has 0 saturated carbocycles. The number of fused-ring (bicyclic) bond motifs is 1. The van der Waals surface area contributed by atoms with Crippen molar-refractivity contribution in [2.45, 2.75) is 26.2 Å². The van der Waals surface area contributed by atoms with E-state index in [1.54, 1.807) is 24.3 Å². The van der Waals surface area contributed by atoms with Gasteiger partial charge in [-0.2, -0.15) is 0 Å². The molecule has 0 aliphatic rings. The molecule has 4 aromatic rings. The highest BCUT2D eigenvalue weighted by molar-refractivity contribution is 7.80. The van der Waals surface area contributed by atoms with Crippen molar-refractivity contribution < 1.29 is 9.21 Å². The summed E-state index contributed by atoms with van der Waals surface area (Å²) in [5, 5.41) is 6.47. The molecule has 0 fully saturated rings. The van der Waals surface area contributed by atoms with Gasteiger partial charge in [0.1, 0.15) is 5.52 Å². The third kappa shape index (κ3) is 5.33. The number of oxazole rings is 1. The van der Waals surface area contributed by atoms with Gasteiger partial charge in [-0.25, -0.2) is 4.98 Å². The number of nitrogens with zero attached hydrogens (tertiary/aromatic N) is 1. The molecule has 0 saturated heterocycles. The minimum Gasteiger partial charge on any atom is -0.440 e. The lowest BCUT2D eigenvalue weighted by Gasteiger charge is -2.10. The lowest BCUT2D eigenvalue weighted by atomic mass is 10.0. The van der Waals surface area contributed by atoms with Gasteiger partial charge < -0.3 is 9.73 Å². The van der Waals surface area contributed by atoms with Crippen molar-refractivity contribution in [2.24, 2.45) is 0 Å². The first kappa shape index (κ1) is 22.0. The summed E-state index contributed by atoms with van der Waals surface area (Å²) in [6.07, 6.45) is 0.587. The molecule has 7 heteroatoms. The van der Waals surface area contributed by atoms with Gasteiger partial charge in [-0.05, 0) is 77.8 Å². The zero-order valence-electron chi connectivity index (χ0n) is 17.7. The molecule has 32 heavy (non-hydrogen) atoms. The molecule has 0 aliphatic heterocycles. The van der Waals surface area contributed by atoms with Gasteiger partial charge >= 0.3 is 0 Å². The first-order chi connectivity index (χ1) is 15.4. The fourth-order valence-electron chi connectivity index (χ4n) is 3.25. The van der Waals surface area contributed by atoms with Crippen molar-refractivity contribution in [2.75, 3.05) is 5.32 Å². The van der Waals surface area contributed by atoms with E-state index in [1.807, 2.05) is 30.3 Å². The van der Waals surface area contributed by atoms with E-state index < -0.39 is 0 Å². The van der Waals surface area contributed by atoms with Crippen molar-refractivity contribution in [1.82, 2.24) is 10.3 Å². The number of carbonyl (C=O) groups excluding carboxylic acids is 1. The zero-order chi connectivity index (χ0) is 22.7. The summed E-state index contributed by atoms with van der Waals surface area (Å²) >= 11 is 11.1. The van der Waals surface area contributed by atoms with Gasteiger partial charge in [0.2, 0.25) is 0 Å². The van der Waals surface area contributed by atoms with Crippen molar-refractivity contribution in [3.05, 3.63) is 94.3 Å². The number of aromatic nitrogens is 1. The molecule has 5 nitrogen and oxygen atoms in total. The van der Waals surface area contributed by atoms with Crippen LogP contribution in [0.25, 0.3) is 11.1 Å². The van der Waals surface area contributed by atoms with Crippen LogP contribution in [0.15, 0.2) is 71.1 Å². The maximum absolute atomic E-state index is 12.2. The van der Waals surface area contributed by atoms with Crippen LogP contribution in [0.1, 0.15) is 47.1 Å². The van der Waals surface area contributed by atoms with Crippen molar-refractivity contribution in [3.8, 4) is 0 Å². The number of halogens is 1. The smallest absolute Gasteiger partial charge is 0.257 e. The van der Waals surface area contributed by atoms with Gasteiger partial charge in [-0.3, -0.25) is 10.1 Å².